The van der Waals surface area contributed by atoms with Crippen molar-refractivity contribution >= 4 is 28.9 Å². The summed E-state index contributed by atoms with van der Waals surface area (Å²) < 4.78 is 42.1. The highest BCUT2D eigenvalue weighted by atomic mass is 19.4. The SMILES string of the molecule is Cc1nc(Nc2ccc(NC(=O)Nc3ccc(OC(F)(F)F)cc3)cc2)cc(-n2cccn2)n1. The zero-order chi connectivity index (χ0) is 24.1. The summed E-state index contributed by atoms with van der Waals surface area (Å²) >= 11 is 0. The molecule has 0 atom stereocenters. The molecule has 2 aromatic carbocycles. The number of rotatable bonds is 6. The second-order valence-corrected chi connectivity index (χ2v) is 6.96. The summed E-state index contributed by atoms with van der Waals surface area (Å²) in [4.78, 5) is 20.9. The predicted octanol–water partition coefficient (Wildman–Crippen LogP) is 5.26. The molecule has 2 heterocycles. The van der Waals surface area contributed by atoms with Gasteiger partial charge in [-0.05, 0) is 61.5 Å². The van der Waals surface area contributed by atoms with Crippen LogP contribution >= 0.6 is 0 Å². The molecular formula is C22H18F3N7O2. The predicted molar refractivity (Wildman–Crippen MR) is 119 cm³/mol. The van der Waals surface area contributed by atoms with E-state index in [1.807, 2.05) is 0 Å². The van der Waals surface area contributed by atoms with E-state index in [9.17, 15) is 18.0 Å². The van der Waals surface area contributed by atoms with Gasteiger partial charge in [-0.1, -0.05) is 0 Å². The monoisotopic (exact) mass is 469 g/mol. The maximum atomic E-state index is 12.2. The Labute approximate surface area is 191 Å². The van der Waals surface area contributed by atoms with Crippen LogP contribution in [0.4, 0.5) is 40.8 Å². The molecule has 12 heteroatoms. The third-order valence-corrected chi connectivity index (χ3v) is 4.32. The Hall–Kier alpha value is -4.61. The number of carbonyl (C=O) groups is 1. The number of amides is 2. The van der Waals surface area contributed by atoms with Crippen LogP contribution in [0.5, 0.6) is 5.75 Å². The van der Waals surface area contributed by atoms with Crippen LogP contribution in [0.1, 0.15) is 5.82 Å². The van der Waals surface area contributed by atoms with Crippen LogP contribution in [0.25, 0.3) is 5.82 Å². The maximum absolute atomic E-state index is 12.2. The third-order valence-electron chi connectivity index (χ3n) is 4.32. The van der Waals surface area contributed by atoms with Crippen LogP contribution in [0.15, 0.2) is 73.1 Å². The van der Waals surface area contributed by atoms with Crippen molar-refractivity contribution in [2.75, 3.05) is 16.0 Å². The lowest BCUT2D eigenvalue weighted by Gasteiger charge is -2.11. The fraction of sp³-hybridized carbons (Fsp3) is 0.0909. The van der Waals surface area contributed by atoms with Crippen LogP contribution in [0, 0.1) is 6.92 Å². The molecule has 0 aliphatic rings. The van der Waals surface area contributed by atoms with Crippen molar-refractivity contribution < 1.29 is 22.7 Å². The molecule has 0 fully saturated rings. The molecular weight excluding hydrogens is 451 g/mol. The Kier molecular flexibility index (Phi) is 6.30. The van der Waals surface area contributed by atoms with E-state index >= 15 is 0 Å². The third kappa shape index (κ3) is 6.22. The minimum Gasteiger partial charge on any atom is -0.406 e. The molecule has 4 rings (SSSR count). The summed E-state index contributed by atoms with van der Waals surface area (Å²) in [7, 11) is 0. The first-order valence-corrected chi connectivity index (χ1v) is 9.90. The van der Waals surface area contributed by atoms with E-state index in [0.29, 0.717) is 28.8 Å². The topological polar surface area (TPSA) is 106 Å². The molecule has 9 nitrogen and oxygen atoms in total. The summed E-state index contributed by atoms with van der Waals surface area (Å²) in [5.41, 5.74) is 1.55. The van der Waals surface area contributed by atoms with Gasteiger partial charge >= 0.3 is 12.4 Å². The lowest BCUT2D eigenvalue weighted by atomic mass is 10.2. The summed E-state index contributed by atoms with van der Waals surface area (Å²) in [5.74, 6) is 1.39. The standard InChI is InChI=1S/C22H18F3N7O2/c1-14-27-19(13-20(28-14)32-12-2-11-26-32)29-15-3-5-16(6-4-15)30-21(33)31-17-7-9-18(10-8-17)34-22(23,24)25/h2-13H,1H3,(H,27,28,29)(H2,30,31,33). The average molecular weight is 469 g/mol. The van der Waals surface area contributed by atoms with Crippen molar-refractivity contribution in [1.29, 1.82) is 0 Å². The van der Waals surface area contributed by atoms with Gasteiger partial charge in [0, 0.05) is 35.5 Å². The lowest BCUT2D eigenvalue weighted by molar-refractivity contribution is -0.274. The molecule has 174 valence electrons. The van der Waals surface area contributed by atoms with E-state index < -0.39 is 12.4 Å². The van der Waals surface area contributed by atoms with Gasteiger partial charge in [0.05, 0.1) is 0 Å². The highest BCUT2D eigenvalue weighted by Crippen LogP contribution is 2.24. The second-order valence-electron chi connectivity index (χ2n) is 6.96. The van der Waals surface area contributed by atoms with Gasteiger partial charge in [-0.3, -0.25) is 0 Å². The molecule has 4 aromatic rings. The number of halogens is 3. The molecule has 0 radical (unpaired) electrons. The Morgan fingerprint density at radius 2 is 1.56 bits per heavy atom. The van der Waals surface area contributed by atoms with Gasteiger partial charge in [-0.15, -0.1) is 13.2 Å². The fourth-order valence-corrected chi connectivity index (χ4v) is 2.96. The van der Waals surface area contributed by atoms with Crippen LogP contribution < -0.4 is 20.7 Å². The molecule has 3 N–H and O–H groups in total. The number of nitrogens with one attached hydrogen (secondary N) is 3. The van der Waals surface area contributed by atoms with Crippen LogP contribution in [-0.4, -0.2) is 32.1 Å². The van der Waals surface area contributed by atoms with Crippen molar-refractivity contribution in [2.24, 2.45) is 0 Å². The minimum atomic E-state index is -4.78. The van der Waals surface area contributed by atoms with Crippen LogP contribution in [-0.2, 0) is 0 Å². The number of anilines is 4. The van der Waals surface area contributed by atoms with Crippen molar-refractivity contribution in [3.05, 3.63) is 78.9 Å². The first-order valence-electron chi connectivity index (χ1n) is 9.90. The number of nitrogens with zero attached hydrogens (tertiary/aromatic N) is 4. The lowest BCUT2D eigenvalue weighted by Crippen LogP contribution is -2.19. The Bertz CT molecular complexity index is 1260. The summed E-state index contributed by atoms with van der Waals surface area (Å²) in [5, 5.41) is 12.5. The molecule has 0 saturated heterocycles. The normalized spacial score (nSPS) is 11.1. The second kappa shape index (κ2) is 9.48. The van der Waals surface area contributed by atoms with E-state index in [2.05, 4.69) is 35.8 Å². The molecule has 0 aliphatic carbocycles. The number of alkyl halides is 3. The quantitative estimate of drug-likeness (QED) is 0.356. The average Bonchev–Trinajstić information content (AvgIpc) is 3.30. The molecule has 2 aromatic heterocycles. The minimum absolute atomic E-state index is 0.303. The molecule has 34 heavy (non-hydrogen) atoms. The fourth-order valence-electron chi connectivity index (χ4n) is 2.96. The molecule has 0 spiro atoms. The van der Waals surface area contributed by atoms with Crippen LogP contribution in [0.2, 0.25) is 0 Å². The number of hydrogen-bond donors (Lipinski definition) is 3. The number of ether oxygens (including phenoxy) is 1. The van der Waals surface area contributed by atoms with E-state index in [1.165, 1.54) is 12.1 Å². The van der Waals surface area contributed by atoms with Crippen LogP contribution in [0.3, 0.4) is 0 Å². The van der Waals surface area contributed by atoms with Gasteiger partial charge in [0.25, 0.3) is 0 Å². The Morgan fingerprint density at radius 1 is 0.941 bits per heavy atom. The molecule has 0 saturated carbocycles. The van der Waals surface area contributed by atoms with Crippen molar-refractivity contribution in [1.82, 2.24) is 19.7 Å². The number of hydrogen-bond acceptors (Lipinski definition) is 6. The largest absolute Gasteiger partial charge is 0.573 e. The van der Waals surface area contributed by atoms with E-state index in [4.69, 9.17) is 0 Å². The number of aromatic nitrogens is 4. The maximum Gasteiger partial charge on any atom is 0.573 e. The Morgan fingerprint density at radius 3 is 2.15 bits per heavy atom. The highest BCUT2D eigenvalue weighted by Gasteiger charge is 2.30. The molecule has 0 aliphatic heterocycles. The van der Waals surface area contributed by atoms with Gasteiger partial charge in [0.1, 0.15) is 17.4 Å². The molecule has 2 amide bonds. The first-order chi connectivity index (χ1) is 16.2. The zero-order valence-corrected chi connectivity index (χ0v) is 17.7. The molecule has 0 bridgehead atoms. The number of aryl methyl sites for hydroxylation is 1. The van der Waals surface area contributed by atoms with Gasteiger partial charge in [-0.2, -0.15) is 5.10 Å². The number of benzene rings is 2. The van der Waals surface area contributed by atoms with Gasteiger partial charge < -0.3 is 20.7 Å². The summed E-state index contributed by atoms with van der Waals surface area (Å²) in [6, 6.07) is 14.7. The Balaban J connectivity index is 1.34. The highest BCUT2D eigenvalue weighted by molar-refractivity contribution is 5.99. The van der Waals surface area contributed by atoms with Crippen molar-refractivity contribution in [3.8, 4) is 11.6 Å². The van der Waals surface area contributed by atoms with Crippen molar-refractivity contribution in [2.45, 2.75) is 13.3 Å². The number of carbonyl (C=O) groups excluding carboxylic acids is 1. The van der Waals surface area contributed by atoms with E-state index in [1.54, 1.807) is 60.4 Å². The van der Waals surface area contributed by atoms with Crippen molar-refractivity contribution in [3.63, 3.8) is 0 Å². The summed E-state index contributed by atoms with van der Waals surface area (Å²) in [6.07, 6.45) is -1.34. The zero-order valence-electron chi connectivity index (χ0n) is 17.7. The van der Waals surface area contributed by atoms with E-state index in [-0.39, 0.29) is 5.75 Å². The number of urea groups is 1. The smallest absolute Gasteiger partial charge is 0.406 e. The van der Waals surface area contributed by atoms with Gasteiger partial charge in [-0.25, -0.2) is 19.4 Å². The van der Waals surface area contributed by atoms with Gasteiger partial charge in [0.15, 0.2) is 5.82 Å². The first kappa shape index (κ1) is 22.6. The van der Waals surface area contributed by atoms with Gasteiger partial charge in [0.2, 0.25) is 0 Å². The molecule has 0 unspecified atom stereocenters. The van der Waals surface area contributed by atoms with E-state index in [0.717, 1.165) is 17.8 Å². The summed E-state index contributed by atoms with van der Waals surface area (Å²) in [6.45, 7) is 1.78.